The number of sulfone groups is 1. The number of carbonyl (C=O) groups excluding carboxylic acids is 1. The van der Waals surface area contributed by atoms with Gasteiger partial charge >= 0.3 is 5.97 Å². The summed E-state index contributed by atoms with van der Waals surface area (Å²) >= 11 is 3.45. The Morgan fingerprint density at radius 2 is 1.79 bits per heavy atom. The number of nitrogens with zero attached hydrogens (tertiary/aromatic N) is 2. The van der Waals surface area contributed by atoms with Crippen molar-refractivity contribution in [3.05, 3.63) is 15.7 Å². The minimum Gasteiger partial charge on any atom is -0.461 e. The van der Waals surface area contributed by atoms with Gasteiger partial charge in [-0.15, -0.1) is 0 Å². The number of halogens is 1. The van der Waals surface area contributed by atoms with Crippen LogP contribution in [0, 0.1) is 12.3 Å². The van der Waals surface area contributed by atoms with E-state index in [-0.39, 0.29) is 21.0 Å². The summed E-state index contributed by atoms with van der Waals surface area (Å²) in [7, 11) is -4.04. The molecule has 1 saturated heterocycles. The van der Waals surface area contributed by atoms with Crippen LogP contribution in [0.2, 0.25) is 0 Å². The number of aromatic nitrogens is 1. The highest BCUT2D eigenvalue weighted by atomic mass is 79.9. The van der Waals surface area contributed by atoms with Crippen molar-refractivity contribution >= 4 is 37.4 Å². The molecule has 1 N–H and O–H groups in total. The predicted molar refractivity (Wildman–Crippen MR) is 131 cm³/mol. The Labute approximate surface area is 206 Å². The average Bonchev–Trinajstić information content (AvgIpc) is 2.66. The third-order valence-corrected chi connectivity index (χ3v) is 7.75. The normalized spacial score (nSPS) is 17.8. The number of esters is 1. The number of aliphatic hydroxyl groups excluding tert-OH is 1. The van der Waals surface area contributed by atoms with E-state index >= 15 is 0 Å². The van der Waals surface area contributed by atoms with Gasteiger partial charge in [0.15, 0.2) is 17.1 Å². The van der Waals surface area contributed by atoms with Crippen molar-refractivity contribution in [3.63, 3.8) is 0 Å². The van der Waals surface area contributed by atoms with Crippen molar-refractivity contribution < 1.29 is 27.8 Å². The largest absolute Gasteiger partial charge is 0.461 e. The number of aliphatic hydroxyl groups is 1. The highest BCUT2D eigenvalue weighted by Gasteiger charge is 2.38. The zero-order valence-corrected chi connectivity index (χ0v) is 23.3. The van der Waals surface area contributed by atoms with Crippen LogP contribution in [0.15, 0.2) is 9.50 Å². The van der Waals surface area contributed by atoms with E-state index in [1.165, 1.54) is 0 Å². The minimum absolute atomic E-state index is 0.156. The maximum Gasteiger partial charge on any atom is 0.340 e. The maximum atomic E-state index is 13.2. The average molecular weight is 550 g/mol. The standard InChI is InChI=1S/C23H37BrN2O6S/c1-14(2)31-21(28)19(32-22(4,5)6)16-15(3)25-20(33(29,30)13-27)17(24)18(16)26-11-9-23(7,8)10-12-26/h14,19,27H,9-13H2,1-8H3. The van der Waals surface area contributed by atoms with Crippen LogP contribution in [0.5, 0.6) is 0 Å². The van der Waals surface area contributed by atoms with E-state index < -0.39 is 33.5 Å². The van der Waals surface area contributed by atoms with Gasteiger partial charge in [-0.2, -0.15) is 0 Å². The van der Waals surface area contributed by atoms with Gasteiger partial charge in [0.25, 0.3) is 0 Å². The lowest BCUT2D eigenvalue weighted by Gasteiger charge is -2.40. The summed E-state index contributed by atoms with van der Waals surface area (Å²) in [6, 6.07) is 0. The molecule has 0 amide bonds. The number of rotatable bonds is 7. The SMILES string of the molecule is Cc1nc(S(=O)(=O)CO)c(Br)c(N2CCC(C)(C)CC2)c1C(OC(C)(C)C)C(=O)OC(C)C. The first-order chi connectivity index (χ1) is 15.0. The van der Waals surface area contributed by atoms with E-state index in [1.807, 2.05) is 20.8 Å². The van der Waals surface area contributed by atoms with Gasteiger partial charge in [-0.25, -0.2) is 18.2 Å². The highest BCUT2D eigenvalue weighted by Crippen LogP contribution is 2.44. The Morgan fingerprint density at radius 1 is 1.24 bits per heavy atom. The van der Waals surface area contributed by atoms with E-state index in [1.54, 1.807) is 20.8 Å². The van der Waals surface area contributed by atoms with Crippen LogP contribution >= 0.6 is 15.9 Å². The molecule has 0 bridgehead atoms. The summed E-state index contributed by atoms with van der Waals surface area (Å²) in [4.78, 5) is 19.6. The lowest BCUT2D eigenvalue weighted by molar-refractivity contribution is -0.171. The second-order valence-electron chi connectivity index (χ2n) is 10.6. The maximum absolute atomic E-state index is 13.2. The molecule has 1 aromatic rings. The molecule has 0 aromatic carbocycles. The van der Waals surface area contributed by atoms with E-state index in [9.17, 15) is 18.3 Å². The fraction of sp³-hybridized carbons (Fsp3) is 0.739. The summed E-state index contributed by atoms with van der Waals surface area (Å²) < 4.78 is 37.2. The molecule has 0 aliphatic carbocycles. The van der Waals surface area contributed by atoms with Gasteiger partial charge in [-0.1, -0.05) is 13.8 Å². The number of anilines is 1. The van der Waals surface area contributed by atoms with Gasteiger partial charge in [0.1, 0.15) is 0 Å². The van der Waals surface area contributed by atoms with Crippen molar-refractivity contribution in [3.8, 4) is 0 Å². The first kappa shape index (κ1) is 28.0. The monoisotopic (exact) mass is 548 g/mol. The van der Waals surface area contributed by atoms with Gasteiger partial charge < -0.3 is 19.5 Å². The minimum atomic E-state index is -4.04. The van der Waals surface area contributed by atoms with Gasteiger partial charge in [-0.3, -0.25) is 0 Å². The first-order valence-corrected chi connectivity index (χ1v) is 13.6. The summed E-state index contributed by atoms with van der Waals surface area (Å²) in [6.07, 6.45) is 0.327. The topological polar surface area (TPSA) is 106 Å². The lowest BCUT2D eigenvalue weighted by atomic mass is 9.82. The van der Waals surface area contributed by atoms with Crippen molar-refractivity contribution in [2.24, 2.45) is 5.41 Å². The molecule has 0 saturated carbocycles. The van der Waals surface area contributed by atoms with Crippen LogP contribution in [-0.4, -0.2) is 55.2 Å². The molecule has 2 heterocycles. The molecule has 1 aliphatic rings. The quantitative estimate of drug-likeness (QED) is 0.502. The van der Waals surface area contributed by atoms with E-state index in [0.717, 1.165) is 12.8 Å². The van der Waals surface area contributed by atoms with Crippen LogP contribution in [0.1, 0.15) is 78.7 Å². The first-order valence-electron chi connectivity index (χ1n) is 11.2. The molecule has 1 fully saturated rings. The fourth-order valence-electron chi connectivity index (χ4n) is 3.75. The number of aryl methyl sites for hydroxylation is 1. The molecule has 0 spiro atoms. The summed E-state index contributed by atoms with van der Waals surface area (Å²) in [5, 5.41) is 9.24. The van der Waals surface area contributed by atoms with Gasteiger partial charge in [0.05, 0.1) is 21.9 Å². The molecular formula is C23H37BrN2O6S. The Morgan fingerprint density at radius 3 is 2.24 bits per heavy atom. The summed E-state index contributed by atoms with van der Waals surface area (Å²) in [5.41, 5.74) is 0.818. The van der Waals surface area contributed by atoms with Crippen LogP contribution in [0.3, 0.4) is 0 Å². The zero-order chi connectivity index (χ0) is 25.4. The molecule has 2 rings (SSSR count). The van der Waals surface area contributed by atoms with Crippen LogP contribution in [0.4, 0.5) is 5.69 Å². The molecule has 1 aliphatic heterocycles. The molecule has 188 valence electrons. The molecule has 1 atom stereocenters. The van der Waals surface area contributed by atoms with Gasteiger partial charge in [0.2, 0.25) is 9.84 Å². The fourth-order valence-corrected chi connectivity index (χ4v) is 5.81. The number of pyridine rings is 1. The molecule has 33 heavy (non-hydrogen) atoms. The molecule has 8 nitrogen and oxygen atoms in total. The van der Waals surface area contributed by atoms with Crippen LogP contribution in [0.25, 0.3) is 0 Å². The van der Waals surface area contributed by atoms with Gasteiger partial charge in [-0.05, 0) is 75.7 Å². The highest BCUT2D eigenvalue weighted by molar-refractivity contribution is 9.10. The lowest BCUT2D eigenvalue weighted by Crippen LogP contribution is -2.39. The van der Waals surface area contributed by atoms with Crippen LogP contribution < -0.4 is 4.90 Å². The van der Waals surface area contributed by atoms with Crippen molar-refractivity contribution in [2.75, 3.05) is 23.9 Å². The summed E-state index contributed by atoms with van der Waals surface area (Å²) in [5.74, 6) is -1.63. The number of piperidine rings is 1. The predicted octanol–water partition coefficient (Wildman–Crippen LogP) is 4.31. The third kappa shape index (κ3) is 6.90. The van der Waals surface area contributed by atoms with Crippen molar-refractivity contribution in [1.29, 1.82) is 0 Å². The molecule has 1 unspecified atom stereocenters. The second kappa shape index (κ2) is 10.2. The number of ether oxygens (including phenoxy) is 2. The Hall–Kier alpha value is -1.23. The van der Waals surface area contributed by atoms with E-state index in [0.29, 0.717) is 30.0 Å². The smallest absolute Gasteiger partial charge is 0.340 e. The second-order valence-corrected chi connectivity index (χ2v) is 13.2. The number of hydrogen-bond acceptors (Lipinski definition) is 8. The van der Waals surface area contributed by atoms with E-state index in [2.05, 4.69) is 39.7 Å². The van der Waals surface area contributed by atoms with Gasteiger partial charge in [0, 0.05) is 24.3 Å². The Kier molecular flexibility index (Phi) is 8.64. The van der Waals surface area contributed by atoms with E-state index in [4.69, 9.17) is 9.47 Å². The number of hydrogen-bond donors (Lipinski definition) is 1. The molecule has 10 heteroatoms. The zero-order valence-electron chi connectivity index (χ0n) is 20.9. The number of carbonyl (C=O) groups is 1. The van der Waals surface area contributed by atoms with Crippen molar-refractivity contribution in [1.82, 2.24) is 4.98 Å². The molecule has 1 aromatic heterocycles. The Bertz CT molecular complexity index is 976. The third-order valence-electron chi connectivity index (χ3n) is 5.51. The molecular weight excluding hydrogens is 512 g/mol. The summed E-state index contributed by atoms with van der Waals surface area (Å²) in [6.45, 7) is 16.4. The van der Waals surface area contributed by atoms with Crippen LogP contribution in [-0.2, 0) is 24.1 Å². The molecule has 0 radical (unpaired) electrons. The Balaban J connectivity index is 2.80. The van der Waals surface area contributed by atoms with Crippen molar-refractivity contribution in [2.45, 2.75) is 91.1 Å².